The van der Waals surface area contributed by atoms with Gasteiger partial charge >= 0.3 is 0 Å². The van der Waals surface area contributed by atoms with Gasteiger partial charge in [0.15, 0.2) is 0 Å². The number of nitrogens with zero attached hydrogens (tertiary/aromatic N) is 1. The molecule has 3 N–H and O–H groups in total. The fraction of sp³-hybridized carbons (Fsp3) is 0.0769. The van der Waals surface area contributed by atoms with Gasteiger partial charge in [0.2, 0.25) is 0 Å². The number of H-pyrrole nitrogens is 1. The number of hydrazone groups is 1. The first-order valence-electron chi connectivity index (χ1n) is 5.59. The van der Waals surface area contributed by atoms with E-state index in [-0.39, 0.29) is 12.5 Å². The third kappa shape index (κ3) is 3.79. The summed E-state index contributed by atoms with van der Waals surface area (Å²) in [6.45, 7) is 0.187. The zero-order valence-electron chi connectivity index (χ0n) is 9.76. The quantitative estimate of drug-likeness (QED) is 0.550. The second kappa shape index (κ2) is 6.24. The summed E-state index contributed by atoms with van der Waals surface area (Å²) in [7, 11) is 0. The van der Waals surface area contributed by atoms with Crippen LogP contribution in [0.5, 0.6) is 0 Å². The second-order valence-electron chi connectivity index (χ2n) is 3.64. The maximum Gasteiger partial charge on any atom is 0.259 e. The van der Waals surface area contributed by atoms with Crippen molar-refractivity contribution >= 4 is 17.8 Å². The highest BCUT2D eigenvalue weighted by molar-refractivity contribution is 5.83. The maximum atomic E-state index is 11.4. The lowest BCUT2D eigenvalue weighted by Crippen LogP contribution is -2.25. The van der Waals surface area contributed by atoms with Gasteiger partial charge in [-0.1, -0.05) is 18.2 Å². The van der Waals surface area contributed by atoms with Crippen LogP contribution in [0.3, 0.4) is 0 Å². The number of hydrogen-bond donors (Lipinski definition) is 3. The van der Waals surface area contributed by atoms with Gasteiger partial charge in [0.05, 0.1) is 18.5 Å². The molecule has 1 aromatic carbocycles. The van der Waals surface area contributed by atoms with Crippen molar-refractivity contribution in [2.45, 2.75) is 0 Å². The zero-order chi connectivity index (χ0) is 12.6. The molecule has 0 unspecified atom stereocenters. The minimum Gasteiger partial charge on any atom is -0.376 e. The first-order chi connectivity index (χ1) is 8.84. The molecule has 0 bridgehead atoms. The average Bonchev–Trinajstić information content (AvgIpc) is 2.91. The van der Waals surface area contributed by atoms with Crippen molar-refractivity contribution in [1.29, 1.82) is 0 Å². The van der Waals surface area contributed by atoms with E-state index in [0.29, 0.717) is 0 Å². The van der Waals surface area contributed by atoms with Crippen LogP contribution in [0.15, 0.2) is 53.8 Å². The fourth-order valence-corrected chi connectivity index (χ4v) is 1.38. The van der Waals surface area contributed by atoms with Crippen molar-refractivity contribution in [1.82, 2.24) is 10.4 Å². The van der Waals surface area contributed by atoms with Crippen LogP contribution in [-0.4, -0.2) is 23.7 Å². The predicted molar refractivity (Wildman–Crippen MR) is 71.5 cm³/mol. The molecular formula is C13H14N4O. The number of benzene rings is 1. The number of rotatable bonds is 5. The number of hydrogen-bond acceptors (Lipinski definition) is 3. The van der Waals surface area contributed by atoms with E-state index in [1.54, 1.807) is 12.4 Å². The van der Waals surface area contributed by atoms with Crippen molar-refractivity contribution < 1.29 is 4.79 Å². The monoisotopic (exact) mass is 242 g/mol. The first-order valence-corrected chi connectivity index (χ1v) is 5.59. The highest BCUT2D eigenvalue weighted by Crippen LogP contribution is 2.03. The Morgan fingerprint density at radius 2 is 2.06 bits per heavy atom. The Hall–Kier alpha value is -2.56. The Morgan fingerprint density at radius 3 is 2.78 bits per heavy atom. The summed E-state index contributed by atoms with van der Waals surface area (Å²) in [5.74, 6) is -0.193. The molecule has 0 atom stereocenters. The Labute approximate surface area is 105 Å². The van der Waals surface area contributed by atoms with E-state index in [4.69, 9.17) is 0 Å². The van der Waals surface area contributed by atoms with Crippen LogP contribution in [0.4, 0.5) is 5.69 Å². The predicted octanol–water partition coefficient (Wildman–Crippen LogP) is 1.58. The standard InChI is InChI=1S/C13H14N4O/c18-13(10-15-11-5-2-1-3-6-11)17-16-9-12-7-4-8-14-12/h1-9,14-15H,10H2,(H,17,18)/b16-9-. The van der Waals surface area contributed by atoms with Crippen LogP contribution in [0.25, 0.3) is 0 Å². The fourth-order valence-electron chi connectivity index (χ4n) is 1.38. The zero-order valence-corrected chi connectivity index (χ0v) is 9.76. The van der Waals surface area contributed by atoms with E-state index in [1.165, 1.54) is 0 Å². The molecule has 0 radical (unpaired) electrons. The topological polar surface area (TPSA) is 69.3 Å². The molecule has 2 aromatic rings. The molecule has 5 nitrogen and oxygen atoms in total. The molecule has 0 saturated carbocycles. The van der Waals surface area contributed by atoms with Crippen molar-refractivity contribution in [2.75, 3.05) is 11.9 Å². The van der Waals surface area contributed by atoms with Crippen LogP contribution in [0, 0.1) is 0 Å². The Morgan fingerprint density at radius 1 is 1.22 bits per heavy atom. The number of anilines is 1. The van der Waals surface area contributed by atoms with Crippen LogP contribution in [0.2, 0.25) is 0 Å². The lowest BCUT2D eigenvalue weighted by molar-refractivity contribution is -0.119. The number of nitrogens with one attached hydrogen (secondary N) is 3. The summed E-state index contributed by atoms with van der Waals surface area (Å²) in [6, 6.07) is 13.3. The van der Waals surface area contributed by atoms with E-state index < -0.39 is 0 Å². The van der Waals surface area contributed by atoms with E-state index in [0.717, 1.165) is 11.4 Å². The van der Waals surface area contributed by atoms with Crippen molar-refractivity contribution in [3.05, 3.63) is 54.4 Å². The highest BCUT2D eigenvalue weighted by Gasteiger charge is 1.98. The molecule has 5 heteroatoms. The Balaban J connectivity index is 1.73. The molecule has 0 aliphatic heterocycles. The van der Waals surface area contributed by atoms with Gasteiger partial charge in [-0.2, -0.15) is 5.10 Å². The Kier molecular flexibility index (Phi) is 4.13. The summed E-state index contributed by atoms with van der Waals surface area (Å²) in [4.78, 5) is 14.4. The SMILES string of the molecule is O=C(CNc1ccccc1)N/N=C\c1ccc[nH]1. The molecule has 18 heavy (non-hydrogen) atoms. The summed E-state index contributed by atoms with van der Waals surface area (Å²) >= 11 is 0. The number of amides is 1. The third-order valence-electron chi connectivity index (χ3n) is 2.24. The largest absolute Gasteiger partial charge is 0.376 e. The normalized spacial score (nSPS) is 10.4. The van der Waals surface area contributed by atoms with E-state index >= 15 is 0 Å². The molecule has 1 aromatic heterocycles. The van der Waals surface area contributed by atoms with Crippen LogP contribution in [-0.2, 0) is 4.79 Å². The third-order valence-corrected chi connectivity index (χ3v) is 2.24. The molecule has 1 heterocycles. The summed E-state index contributed by atoms with van der Waals surface area (Å²) in [6.07, 6.45) is 3.35. The van der Waals surface area contributed by atoms with Crippen LogP contribution in [0.1, 0.15) is 5.69 Å². The van der Waals surface area contributed by atoms with Crippen molar-refractivity contribution in [3.63, 3.8) is 0 Å². The maximum absolute atomic E-state index is 11.4. The van der Waals surface area contributed by atoms with Gasteiger partial charge < -0.3 is 10.3 Å². The highest BCUT2D eigenvalue weighted by atomic mass is 16.2. The number of para-hydroxylation sites is 1. The van der Waals surface area contributed by atoms with E-state index in [2.05, 4.69) is 20.8 Å². The number of carbonyl (C=O) groups excluding carboxylic acids is 1. The van der Waals surface area contributed by atoms with Gasteiger partial charge in [-0.3, -0.25) is 4.79 Å². The Bertz CT molecular complexity index is 505. The summed E-state index contributed by atoms with van der Waals surface area (Å²) in [5.41, 5.74) is 4.18. The van der Waals surface area contributed by atoms with Gasteiger partial charge in [0.1, 0.15) is 0 Å². The minimum absolute atomic E-state index is 0.187. The number of carbonyl (C=O) groups is 1. The van der Waals surface area contributed by atoms with Crippen molar-refractivity contribution in [3.8, 4) is 0 Å². The average molecular weight is 242 g/mol. The molecule has 0 aliphatic rings. The molecular weight excluding hydrogens is 228 g/mol. The van der Waals surface area contributed by atoms with Gasteiger partial charge in [-0.05, 0) is 24.3 Å². The molecule has 0 saturated heterocycles. The molecule has 0 spiro atoms. The first kappa shape index (κ1) is 11.9. The second-order valence-corrected chi connectivity index (χ2v) is 3.64. The lowest BCUT2D eigenvalue weighted by atomic mass is 10.3. The van der Waals surface area contributed by atoms with E-state index in [1.807, 2.05) is 42.5 Å². The van der Waals surface area contributed by atoms with Crippen molar-refractivity contribution in [2.24, 2.45) is 5.10 Å². The summed E-state index contributed by atoms with van der Waals surface area (Å²) < 4.78 is 0. The smallest absolute Gasteiger partial charge is 0.259 e. The van der Waals surface area contributed by atoms with Gasteiger partial charge in [0.25, 0.3) is 5.91 Å². The summed E-state index contributed by atoms with van der Waals surface area (Å²) in [5, 5.41) is 6.82. The van der Waals surface area contributed by atoms with Gasteiger partial charge in [-0.25, -0.2) is 5.43 Å². The molecule has 92 valence electrons. The minimum atomic E-state index is -0.193. The molecule has 0 fully saturated rings. The number of aromatic nitrogens is 1. The van der Waals surface area contributed by atoms with Crippen LogP contribution >= 0.6 is 0 Å². The van der Waals surface area contributed by atoms with E-state index in [9.17, 15) is 4.79 Å². The van der Waals surface area contributed by atoms with Gasteiger partial charge in [0, 0.05) is 11.9 Å². The molecule has 0 aliphatic carbocycles. The molecule has 2 rings (SSSR count). The lowest BCUT2D eigenvalue weighted by Gasteiger charge is -2.04. The molecule has 1 amide bonds. The number of aromatic amines is 1. The van der Waals surface area contributed by atoms with Crippen LogP contribution < -0.4 is 10.7 Å². The van der Waals surface area contributed by atoms with Gasteiger partial charge in [-0.15, -0.1) is 0 Å².